The Morgan fingerprint density at radius 1 is 1.59 bits per heavy atom. The topological polar surface area (TPSA) is 62.2 Å². The Kier molecular flexibility index (Phi) is 4.65. The molecule has 0 saturated heterocycles. The largest absolute Gasteiger partial charge is 0.394 e. The number of amides is 1. The number of carbonyl (C=O) groups excluding carboxylic acids is 1. The molecule has 1 rings (SSSR count). The highest BCUT2D eigenvalue weighted by atomic mass is 32.1. The molecule has 0 aromatic carbocycles. The van der Waals surface area contributed by atoms with Crippen molar-refractivity contribution in [3.8, 4) is 0 Å². The van der Waals surface area contributed by atoms with Crippen LogP contribution >= 0.6 is 11.3 Å². The van der Waals surface area contributed by atoms with Crippen molar-refractivity contribution in [2.45, 2.75) is 45.6 Å². The van der Waals surface area contributed by atoms with Crippen LogP contribution in [-0.2, 0) is 11.2 Å². The summed E-state index contributed by atoms with van der Waals surface area (Å²) in [7, 11) is 0. The van der Waals surface area contributed by atoms with Crippen LogP contribution in [0.4, 0.5) is 0 Å². The Morgan fingerprint density at radius 2 is 2.24 bits per heavy atom. The van der Waals surface area contributed by atoms with Crippen molar-refractivity contribution < 1.29 is 9.90 Å². The first-order chi connectivity index (χ1) is 7.84. The first-order valence-electron chi connectivity index (χ1n) is 5.70. The van der Waals surface area contributed by atoms with Gasteiger partial charge in [0.1, 0.15) is 0 Å². The van der Waals surface area contributed by atoms with Gasteiger partial charge in [0.25, 0.3) is 0 Å². The van der Waals surface area contributed by atoms with Crippen molar-refractivity contribution in [1.82, 2.24) is 10.3 Å². The van der Waals surface area contributed by atoms with E-state index in [1.54, 1.807) is 25.2 Å². The lowest BCUT2D eigenvalue weighted by Gasteiger charge is -2.23. The first-order valence-corrected chi connectivity index (χ1v) is 6.58. The van der Waals surface area contributed by atoms with Crippen LogP contribution in [0, 0.1) is 0 Å². The van der Waals surface area contributed by atoms with Gasteiger partial charge in [-0.05, 0) is 13.8 Å². The lowest BCUT2D eigenvalue weighted by atomic mass is 10.1. The third-order valence-corrected chi connectivity index (χ3v) is 3.47. The zero-order valence-electron chi connectivity index (χ0n) is 10.8. The highest BCUT2D eigenvalue weighted by molar-refractivity contribution is 7.09. The quantitative estimate of drug-likeness (QED) is 0.843. The van der Waals surface area contributed by atoms with Crippen molar-refractivity contribution in [3.05, 3.63) is 16.1 Å². The summed E-state index contributed by atoms with van der Waals surface area (Å²) in [5, 5.41) is 14.8. The van der Waals surface area contributed by atoms with Crippen molar-refractivity contribution in [2.75, 3.05) is 6.61 Å². The zero-order chi connectivity index (χ0) is 13.1. The summed E-state index contributed by atoms with van der Waals surface area (Å²) >= 11 is 1.58. The molecule has 0 unspecified atom stereocenters. The van der Waals surface area contributed by atoms with Gasteiger partial charge in [0, 0.05) is 11.3 Å². The maximum absolute atomic E-state index is 11.7. The summed E-state index contributed by atoms with van der Waals surface area (Å²) < 4.78 is 0. The molecule has 1 aromatic heterocycles. The molecule has 17 heavy (non-hydrogen) atoms. The zero-order valence-corrected chi connectivity index (χ0v) is 11.6. The molecule has 1 amide bonds. The van der Waals surface area contributed by atoms with E-state index >= 15 is 0 Å². The second-order valence-corrected chi connectivity index (χ2v) is 5.99. The van der Waals surface area contributed by atoms with E-state index < -0.39 is 5.54 Å². The lowest BCUT2D eigenvalue weighted by molar-refractivity contribution is -0.122. The normalized spacial score (nSPS) is 11.9. The third kappa shape index (κ3) is 4.44. The molecule has 0 aliphatic heterocycles. The maximum Gasteiger partial charge on any atom is 0.226 e. The molecular formula is C12H20N2O2S. The molecule has 0 radical (unpaired) electrons. The van der Waals surface area contributed by atoms with Gasteiger partial charge >= 0.3 is 0 Å². The molecule has 0 aliphatic rings. The number of hydrogen-bond acceptors (Lipinski definition) is 4. The molecule has 5 heteroatoms. The van der Waals surface area contributed by atoms with Gasteiger partial charge in [-0.1, -0.05) is 13.8 Å². The fraction of sp³-hybridized carbons (Fsp3) is 0.667. The van der Waals surface area contributed by atoms with Gasteiger partial charge in [0.2, 0.25) is 5.91 Å². The van der Waals surface area contributed by atoms with Crippen LogP contribution in [0.5, 0.6) is 0 Å². The molecule has 0 saturated carbocycles. The average Bonchev–Trinajstić information content (AvgIpc) is 2.65. The smallest absolute Gasteiger partial charge is 0.226 e. The molecular weight excluding hydrogens is 236 g/mol. The van der Waals surface area contributed by atoms with E-state index in [-0.39, 0.29) is 18.9 Å². The molecule has 4 nitrogen and oxygen atoms in total. The van der Waals surface area contributed by atoms with E-state index in [0.29, 0.717) is 5.92 Å². The lowest BCUT2D eigenvalue weighted by Crippen LogP contribution is -2.46. The van der Waals surface area contributed by atoms with Crippen molar-refractivity contribution >= 4 is 17.2 Å². The number of hydrogen-bond donors (Lipinski definition) is 2. The van der Waals surface area contributed by atoms with Crippen LogP contribution < -0.4 is 5.32 Å². The monoisotopic (exact) mass is 256 g/mol. The van der Waals surface area contributed by atoms with E-state index in [1.807, 2.05) is 5.38 Å². The molecule has 2 N–H and O–H groups in total. The first kappa shape index (κ1) is 14.1. The number of aromatic nitrogens is 1. The second-order valence-electron chi connectivity index (χ2n) is 5.10. The number of thiazole rings is 1. The summed E-state index contributed by atoms with van der Waals surface area (Å²) in [5.41, 5.74) is 0.221. The Hall–Kier alpha value is -0.940. The predicted octanol–water partition coefficient (Wildman–Crippen LogP) is 1.70. The van der Waals surface area contributed by atoms with E-state index in [2.05, 4.69) is 24.1 Å². The molecule has 0 fully saturated rings. The van der Waals surface area contributed by atoms with Gasteiger partial charge in [0.05, 0.1) is 29.3 Å². The number of aliphatic hydroxyl groups excluding tert-OH is 1. The molecule has 0 atom stereocenters. The van der Waals surface area contributed by atoms with Crippen LogP contribution in [0.2, 0.25) is 0 Å². The minimum atomic E-state index is -0.575. The van der Waals surface area contributed by atoms with Crippen molar-refractivity contribution in [3.63, 3.8) is 0 Å². The van der Waals surface area contributed by atoms with Crippen LogP contribution in [0.25, 0.3) is 0 Å². The Balaban J connectivity index is 2.56. The average molecular weight is 256 g/mol. The minimum Gasteiger partial charge on any atom is -0.394 e. The summed E-state index contributed by atoms with van der Waals surface area (Å²) in [6.45, 7) is 7.65. The Bertz CT molecular complexity index is 386. The molecule has 0 bridgehead atoms. The number of carbonyl (C=O) groups is 1. The molecule has 0 spiro atoms. The van der Waals surface area contributed by atoms with Crippen LogP contribution in [0.3, 0.4) is 0 Å². The number of rotatable bonds is 5. The van der Waals surface area contributed by atoms with Gasteiger partial charge < -0.3 is 10.4 Å². The van der Waals surface area contributed by atoms with E-state index in [1.165, 1.54) is 0 Å². The summed E-state index contributed by atoms with van der Waals surface area (Å²) in [6, 6.07) is 0. The molecule has 96 valence electrons. The Labute approximate surface area is 106 Å². The molecule has 0 aliphatic carbocycles. The fourth-order valence-electron chi connectivity index (χ4n) is 1.29. The van der Waals surface area contributed by atoms with Gasteiger partial charge in [-0.25, -0.2) is 4.98 Å². The molecule has 1 heterocycles. The summed E-state index contributed by atoms with van der Waals surface area (Å²) in [5.74, 6) is 0.287. The summed E-state index contributed by atoms with van der Waals surface area (Å²) in [4.78, 5) is 16.1. The predicted molar refractivity (Wildman–Crippen MR) is 69.2 cm³/mol. The van der Waals surface area contributed by atoms with Crippen LogP contribution in [0.15, 0.2) is 5.38 Å². The number of nitrogens with one attached hydrogen (secondary N) is 1. The van der Waals surface area contributed by atoms with E-state index in [4.69, 9.17) is 5.11 Å². The van der Waals surface area contributed by atoms with Gasteiger partial charge in [-0.2, -0.15) is 0 Å². The van der Waals surface area contributed by atoms with Gasteiger partial charge in [-0.15, -0.1) is 11.3 Å². The summed E-state index contributed by atoms with van der Waals surface area (Å²) in [6.07, 6.45) is 0.270. The number of nitrogens with zero attached hydrogens (tertiary/aromatic N) is 1. The highest BCUT2D eigenvalue weighted by Crippen LogP contribution is 2.19. The SMILES string of the molecule is CC(C)c1nc(CC(=O)NC(C)(C)CO)cs1. The standard InChI is InChI=1S/C12H20N2O2S/c1-8(2)11-13-9(6-17-11)5-10(16)14-12(3,4)7-15/h6,8,15H,5,7H2,1-4H3,(H,14,16). The van der Waals surface area contributed by atoms with Crippen molar-refractivity contribution in [1.29, 1.82) is 0 Å². The molecule has 1 aromatic rings. The maximum atomic E-state index is 11.7. The number of aliphatic hydroxyl groups is 1. The van der Waals surface area contributed by atoms with Gasteiger partial charge in [0.15, 0.2) is 0 Å². The second kappa shape index (κ2) is 5.60. The van der Waals surface area contributed by atoms with Gasteiger partial charge in [-0.3, -0.25) is 4.79 Å². The van der Waals surface area contributed by atoms with Crippen molar-refractivity contribution in [2.24, 2.45) is 0 Å². The fourth-order valence-corrected chi connectivity index (χ4v) is 2.13. The van der Waals surface area contributed by atoms with Crippen LogP contribution in [-0.4, -0.2) is 28.1 Å². The Morgan fingerprint density at radius 3 is 2.71 bits per heavy atom. The minimum absolute atomic E-state index is 0.0763. The highest BCUT2D eigenvalue weighted by Gasteiger charge is 2.19. The van der Waals surface area contributed by atoms with E-state index in [0.717, 1.165) is 10.7 Å². The van der Waals surface area contributed by atoms with Crippen LogP contribution in [0.1, 0.15) is 44.3 Å². The van der Waals surface area contributed by atoms with E-state index in [9.17, 15) is 4.79 Å². The third-order valence-electron chi connectivity index (χ3n) is 2.28.